The maximum Gasteiger partial charge on any atom is 0.227 e. The topological polar surface area (TPSA) is 69.6 Å². The molecule has 0 bridgehead atoms. The van der Waals surface area contributed by atoms with Crippen LogP contribution in [0.2, 0.25) is 0 Å². The number of piperidine rings is 1. The highest BCUT2D eigenvalue weighted by Crippen LogP contribution is 2.20. The summed E-state index contributed by atoms with van der Waals surface area (Å²) in [7, 11) is 0. The minimum absolute atomic E-state index is 0.0248. The fourth-order valence-electron chi connectivity index (χ4n) is 3.06. The number of rotatable bonds is 4. The molecule has 5 nitrogen and oxygen atoms in total. The van der Waals surface area contributed by atoms with Gasteiger partial charge in [-0.05, 0) is 42.7 Å². The summed E-state index contributed by atoms with van der Waals surface area (Å²) in [6.07, 6.45) is 1.68. The lowest BCUT2D eigenvalue weighted by Crippen LogP contribution is -2.42. The van der Waals surface area contributed by atoms with E-state index in [9.17, 15) is 14.7 Å². The molecule has 1 aliphatic rings. The SMILES string of the molecule is O=C(Nc1ccccc1)C1CCN(C(=O)Cc2ccc(O)cc2)CC1. The molecule has 0 spiro atoms. The number of phenolic OH excluding ortho intramolecular Hbond substituents is 1. The van der Waals surface area contributed by atoms with E-state index < -0.39 is 0 Å². The maximum absolute atomic E-state index is 12.4. The number of carbonyl (C=O) groups is 2. The molecule has 0 aromatic heterocycles. The summed E-state index contributed by atoms with van der Waals surface area (Å²) in [5, 5.41) is 12.2. The summed E-state index contributed by atoms with van der Waals surface area (Å²) in [6, 6.07) is 16.1. The molecule has 2 aromatic carbocycles. The molecule has 1 fully saturated rings. The molecule has 5 heteroatoms. The third kappa shape index (κ3) is 4.59. The van der Waals surface area contributed by atoms with Gasteiger partial charge < -0.3 is 15.3 Å². The lowest BCUT2D eigenvalue weighted by Gasteiger charge is -2.31. The fourth-order valence-corrected chi connectivity index (χ4v) is 3.06. The van der Waals surface area contributed by atoms with Crippen molar-refractivity contribution in [2.45, 2.75) is 19.3 Å². The number of nitrogens with one attached hydrogen (secondary N) is 1. The van der Waals surface area contributed by atoms with Crippen LogP contribution in [0.5, 0.6) is 5.75 Å². The van der Waals surface area contributed by atoms with Gasteiger partial charge in [0.05, 0.1) is 6.42 Å². The Morgan fingerprint density at radius 1 is 1.00 bits per heavy atom. The van der Waals surface area contributed by atoms with Crippen LogP contribution < -0.4 is 5.32 Å². The average Bonchev–Trinajstić information content (AvgIpc) is 2.64. The molecule has 2 amide bonds. The van der Waals surface area contributed by atoms with Crippen molar-refractivity contribution in [3.05, 3.63) is 60.2 Å². The standard InChI is InChI=1S/C20H22N2O3/c23-18-8-6-15(7-9-18)14-19(24)22-12-10-16(11-13-22)20(25)21-17-4-2-1-3-5-17/h1-9,16,23H,10-14H2,(H,21,25). The predicted molar refractivity (Wildman–Crippen MR) is 96.2 cm³/mol. The average molecular weight is 338 g/mol. The highest BCUT2D eigenvalue weighted by atomic mass is 16.3. The highest BCUT2D eigenvalue weighted by Gasteiger charge is 2.27. The zero-order chi connectivity index (χ0) is 17.6. The Morgan fingerprint density at radius 2 is 1.64 bits per heavy atom. The Balaban J connectivity index is 1.48. The van der Waals surface area contributed by atoms with Crippen LogP contribution in [-0.2, 0) is 16.0 Å². The monoisotopic (exact) mass is 338 g/mol. The maximum atomic E-state index is 12.4. The van der Waals surface area contributed by atoms with Gasteiger partial charge in [-0.1, -0.05) is 30.3 Å². The molecule has 1 saturated heterocycles. The molecule has 0 unspecified atom stereocenters. The van der Waals surface area contributed by atoms with Crippen molar-refractivity contribution in [1.29, 1.82) is 0 Å². The van der Waals surface area contributed by atoms with Crippen molar-refractivity contribution in [3.8, 4) is 5.75 Å². The van der Waals surface area contributed by atoms with E-state index >= 15 is 0 Å². The second-order valence-electron chi connectivity index (χ2n) is 6.35. The Labute approximate surface area is 147 Å². The normalized spacial score (nSPS) is 15.0. The quantitative estimate of drug-likeness (QED) is 0.901. The van der Waals surface area contributed by atoms with Crippen LogP contribution in [0.1, 0.15) is 18.4 Å². The predicted octanol–water partition coefficient (Wildman–Crippen LogP) is 2.81. The second-order valence-corrected chi connectivity index (χ2v) is 6.35. The van der Waals surface area contributed by atoms with E-state index in [-0.39, 0.29) is 23.5 Å². The third-order valence-electron chi connectivity index (χ3n) is 4.55. The fraction of sp³-hybridized carbons (Fsp3) is 0.300. The number of likely N-dealkylation sites (tertiary alicyclic amines) is 1. The first kappa shape index (κ1) is 17.0. The minimum Gasteiger partial charge on any atom is -0.508 e. The van der Waals surface area contributed by atoms with Gasteiger partial charge in [-0.3, -0.25) is 9.59 Å². The molecule has 0 atom stereocenters. The number of hydrogen-bond donors (Lipinski definition) is 2. The summed E-state index contributed by atoms with van der Waals surface area (Å²) in [5.41, 5.74) is 1.69. The Hall–Kier alpha value is -2.82. The van der Waals surface area contributed by atoms with Gasteiger partial charge in [0, 0.05) is 24.7 Å². The van der Waals surface area contributed by atoms with E-state index in [1.54, 1.807) is 24.3 Å². The molecular formula is C20H22N2O3. The number of anilines is 1. The summed E-state index contributed by atoms with van der Waals surface area (Å²) in [4.78, 5) is 26.5. The van der Waals surface area contributed by atoms with E-state index in [4.69, 9.17) is 0 Å². The van der Waals surface area contributed by atoms with Crippen LogP contribution in [0.3, 0.4) is 0 Å². The molecule has 130 valence electrons. The van der Waals surface area contributed by atoms with Crippen LogP contribution in [0, 0.1) is 5.92 Å². The van der Waals surface area contributed by atoms with Crippen molar-refractivity contribution in [2.24, 2.45) is 5.92 Å². The third-order valence-corrected chi connectivity index (χ3v) is 4.55. The number of aromatic hydroxyl groups is 1. The van der Waals surface area contributed by atoms with Crippen LogP contribution >= 0.6 is 0 Å². The van der Waals surface area contributed by atoms with Gasteiger partial charge in [0.25, 0.3) is 0 Å². The summed E-state index contributed by atoms with van der Waals surface area (Å²) >= 11 is 0. The molecule has 0 radical (unpaired) electrons. The van der Waals surface area contributed by atoms with Gasteiger partial charge in [-0.15, -0.1) is 0 Å². The smallest absolute Gasteiger partial charge is 0.227 e. The number of benzene rings is 2. The molecule has 0 saturated carbocycles. The highest BCUT2D eigenvalue weighted by molar-refractivity contribution is 5.92. The van der Waals surface area contributed by atoms with Crippen molar-refractivity contribution in [3.63, 3.8) is 0 Å². The molecule has 25 heavy (non-hydrogen) atoms. The molecule has 3 rings (SSSR count). The van der Waals surface area contributed by atoms with E-state index in [1.165, 1.54) is 0 Å². The molecule has 2 N–H and O–H groups in total. The van der Waals surface area contributed by atoms with E-state index in [0.717, 1.165) is 11.3 Å². The number of amides is 2. The van der Waals surface area contributed by atoms with Gasteiger partial charge in [-0.25, -0.2) is 0 Å². The number of nitrogens with zero attached hydrogens (tertiary/aromatic N) is 1. The van der Waals surface area contributed by atoms with Crippen LogP contribution in [-0.4, -0.2) is 34.9 Å². The largest absolute Gasteiger partial charge is 0.508 e. The van der Waals surface area contributed by atoms with Gasteiger partial charge in [0.1, 0.15) is 5.75 Å². The lowest BCUT2D eigenvalue weighted by atomic mass is 9.95. The van der Waals surface area contributed by atoms with Crippen molar-refractivity contribution in [2.75, 3.05) is 18.4 Å². The van der Waals surface area contributed by atoms with Crippen molar-refractivity contribution >= 4 is 17.5 Å². The first-order chi connectivity index (χ1) is 12.1. The number of hydrogen-bond acceptors (Lipinski definition) is 3. The van der Waals surface area contributed by atoms with Crippen molar-refractivity contribution < 1.29 is 14.7 Å². The zero-order valence-electron chi connectivity index (χ0n) is 14.0. The number of para-hydroxylation sites is 1. The molecule has 1 aliphatic heterocycles. The Kier molecular flexibility index (Phi) is 5.33. The van der Waals surface area contributed by atoms with Crippen LogP contribution in [0.4, 0.5) is 5.69 Å². The van der Waals surface area contributed by atoms with Crippen LogP contribution in [0.15, 0.2) is 54.6 Å². The first-order valence-corrected chi connectivity index (χ1v) is 8.53. The van der Waals surface area contributed by atoms with Gasteiger partial charge >= 0.3 is 0 Å². The van der Waals surface area contributed by atoms with Gasteiger partial charge in [0.2, 0.25) is 11.8 Å². The Bertz CT molecular complexity index is 720. The van der Waals surface area contributed by atoms with Gasteiger partial charge in [0.15, 0.2) is 0 Å². The molecule has 2 aromatic rings. The minimum atomic E-state index is -0.0575. The van der Waals surface area contributed by atoms with Crippen LogP contribution in [0.25, 0.3) is 0 Å². The summed E-state index contributed by atoms with van der Waals surface area (Å²) < 4.78 is 0. The summed E-state index contributed by atoms with van der Waals surface area (Å²) in [6.45, 7) is 1.20. The molecule has 1 heterocycles. The summed E-state index contributed by atoms with van der Waals surface area (Å²) in [5.74, 6) is 0.226. The lowest BCUT2D eigenvalue weighted by molar-refractivity contribution is -0.133. The molecular weight excluding hydrogens is 316 g/mol. The zero-order valence-corrected chi connectivity index (χ0v) is 14.0. The molecule has 0 aliphatic carbocycles. The van der Waals surface area contributed by atoms with E-state index in [2.05, 4.69) is 5.32 Å². The second kappa shape index (κ2) is 7.83. The van der Waals surface area contributed by atoms with E-state index in [1.807, 2.05) is 35.2 Å². The van der Waals surface area contributed by atoms with E-state index in [0.29, 0.717) is 32.4 Å². The number of phenols is 1. The van der Waals surface area contributed by atoms with Gasteiger partial charge in [-0.2, -0.15) is 0 Å². The first-order valence-electron chi connectivity index (χ1n) is 8.53. The van der Waals surface area contributed by atoms with Crippen molar-refractivity contribution in [1.82, 2.24) is 4.90 Å². The Morgan fingerprint density at radius 3 is 2.28 bits per heavy atom. The number of carbonyl (C=O) groups excluding carboxylic acids is 2.